The molecule has 0 spiro atoms. The molecule has 1 aromatic rings. The first-order valence-electron chi connectivity index (χ1n) is 10.1. The number of aliphatic hydroxyl groups excluding tert-OH is 1. The molecule has 31 heavy (non-hydrogen) atoms. The molecule has 0 aliphatic heterocycles. The van der Waals surface area contributed by atoms with Gasteiger partial charge in [0.15, 0.2) is 6.29 Å². The molecule has 0 aliphatic carbocycles. The highest BCUT2D eigenvalue weighted by Gasteiger charge is 2.34. The van der Waals surface area contributed by atoms with Crippen molar-refractivity contribution in [3.63, 3.8) is 0 Å². The average molecular weight is 546 g/mol. The van der Waals surface area contributed by atoms with Gasteiger partial charge >= 0.3 is 5.97 Å². The van der Waals surface area contributed by atoms with Crippen molar-refractivity contribution in [2.24, 2.45) is 5.92 Å². The Labute approximate surface area is 196 Å². The molecule has 0 saturated heterocycles. The Morgan fingerprint density at radius 1 is 1.13 bits per heavy atom. The zero-order valence-corrected chi connectivity index (χ0v) is 20.4. The highest BCUT2D eigenvalue weighted by atomic mass is 127. The molecule has 4 N–H and O–H groups in total. The van der Waals surface area contributed by atoms with Gasteiger partial charge in [-0.25, -0.2) is 0 Å². The fourth-order valence-electron chi connectivity index (χ4n) is 3.02. The number of rotatable bonds is 12. The third-order valence-electron chi connectivity index (χ3n) is 5.01. The Hall–Kier alpha value is -2.01. The number of hydrogen-bond acceptors (Lipinski definition) is 5. The predicted molar refractivity (Wildman–Crippen MR) is 124 cm³/mol. The lowest BCUT2D eigenvalue weighted by Crippen LogP contribution is -2.55. The number of hydrogen-bond donors (Lipinski definition) is 4. The summed E-state index contributed by atoms with van der Waals surface area (Å²) in [7, 11) is 0. The third kappa shape index (κ3) is 8.56. The van der Waals surface area contributed by atoms with Crippen LogP contribution in [0.2, 0.25) is 0 Å². The van der Waals surface area contributed by atoms with Crippen molar-refractivity contribution < 1.29 is 29.4 Å². The molecule has 1 rings (SSSR count). The monoisotopic (exact) mass is 546 g/mol. The minimum atomic E-state index is -1.54. The van der Waals surface area contributed by atoms with Gasteiger partial charge in [0.1, 0.15) is 12.1 Å². The summed E-state index contributed by atoms with van der Waals surface area (Å²) in [5.74, 6) is -1.95. The lowest BCUT2D eigenvalue weighted by atomic mass is 9.83. The summed E-state index contributed by atoms with van der Waals surface area (Å²) in [6.07, 6.45) is -1.39. The summed E-state index contributed by atoms with van der Waals surface area (Å²) in [4.78, 5) is 47.8. The Morgan fingerprint density at radius 3 is 2.19 bits per heavy atom. The summed E-state index contributed by atoms with van der Waals surface area (Å²) >= 11 is 2.18. The molecule has 1 aromatic carbocycles. The normalized spacial score (nSPS) is 14.4. The van der Waals surface area contributed by atoms with Crippen LogP contribution < -0.4 is 10.6 Å². The lowest BCUT2D eigenvalue weighted by Gasteiger charge is -2.29. The van der Waals surface area contributed by atoms with Crippen LogP contribution in [-0.2, 0) is 24.6 Å². The van der Waals surface area contributed by atoms with Crippen molar-refractivity contribution in [1.29, 1.82) is 0 Å². The van der Waals surface area contributed by atoms with E-state index in [1.54, 1.807) is 13.8 Å². The van der Waals surface area contributed by atoms with Crippen molar-refractivity contribution in [2.45, 2.75) is 70.6 Å². The van der Waals surface area contributed by atoms with Crippen LogP contribution in [0.5, 0.6) is 0 Å². The number of aldehydes is 1. The molecular formula is C22H31IN2O6. The molecule has 9 heteroatoms. The van der Waals surface area contributed by atoms with Crippen LogP contribution in [0, 0.1) is 9.49 Å². The van der Waals surface area contributed by atoms with Gasteiger partial charge in [-0.15, -0.1) is 0 Å². The molecule has 0 aliphatic rings. The molecule has 0 fully saturated rings. The van der Waals surface area contributed by atoms with E-state index in [9.17, 15) is 24.3 Å². The Morgan fingerprint density at radius 2 is 1.71 bits per heavy atom. The molecule has 1 unspecified atom stereocenters. The van der Waals surface area contributed by atoms with Crippen molar-refractivity contribution >= 4 is 46.7 Å². The minimum Gasteiger partial charge on any atom is -0.481 e. The maximum absolute atomic E-state index is 13.1. The summed E-state index contributed by atoms with van der Waals surface area (Å²) in [5.41, 5.74) is -0.102. The first kappa shape index (κ1) is 27.0. The van der Waals surface area contributed by atoms with E-state index in [2.05, 4.69) is 33.2 Å². The van der Waals surface area contributed by atoms with Gasteiger partial charge in [0, 0.05) is 9.99 Å². The Kier molecular flexibility index (Phi) is 10.6. The third-order valence-corrected chi connectivity index (χ3v) is 5.73. The molecule has 172 valence electrons. The van der Waals surface area contributed by atoms with E-state index in [4.69, 9.17) is 5.11 Å². The molecule has 0 saturated carbocycles. The van der Waals surface area contributed by atoms with E-state index in [-0.39, 0.29) is 31.0 Å². The van der Waals surface area contributed by atoms with Crippen LogP contribution in [0.15, 0.2) is 24.3 Å². The number of carboxylic acid groups (broad SMARTS) is 1. The van der Waals surface area contributed by atoms with Crippen molar-refractivity contribution in [1.82, 2.24) is 10.6 Å². The van der Waals surface area contributed by atoms with Crippen LogP contribution in [0.25, 0.3) is 0 Å². The van der Waals surface area contributed by atoms with E-state index >= 15 is 0 Å². The van der Waals surface area contributed by atoms with Gasteiger partial charge in [-0.3, -0.25) is 14.4 Å². The summed E-state index contributed by atoms with van der Waals surface area (Å²) in [5, 5.41) is 24.1. The van der Waals surface area contributed by atoms with Crippen LogP contribution in [0.3, 0.4) is 0 Å². The second-order valence-corrected chi connectivity index (χ2v) is 9.71. The minimum absolute atomic E-state index is 0.0749. The van der Waals surface area contributed by atoms with Crippen LogP contribution >= 0.6 is 22.6 Å². The van der Waals surface area contributed by atoms with Gasteiger partial charge in [-0.2, -0.15) is 0 Å². The number of halogens is 1. The van der Waals surface area contributed by atoms with E-state index in [0.29, 0.717) is 6.42 Å². The van der Waals surface area contributed by atoms with Gasteiger partial charge in [0.25, 0.3) is 0 Å². The van der Waals surface area contributed by atoms with Crippen molar-refractivity contribution in [2.75, 3.05) is 0 Å². The fourth-order valence-corrected chi connectivity index (χ4v) is 3.38. The van der Waals surface area contributed by atoms with Crippen molar-refractivity contribution in [3.8, 4) is 0 Å². The maximum Gasteiger partial charge on any atom is 0.303 e. The van der Waals surface area contributed by atoms with Crippen LogP contribution in [0.1, 0.15) is 52.5 Å². The molecule has 0 radical (unpaired) electrons. The van der Waals surface area contributed by atoms with Gasteiger partial charge in [0.2, 0.25) is 11.8 Å². The van der Waals surface area contributed by atoms with E-state index in [1.165, 1.54) is 0 Å². The number of benzene rings is 1. The Balaban J connectivity index is 3.00. The van der Waals surface area contributed by atoms with E-state index in [1.807, 2.05) is 38.1 Å². The lowest BCUT2D eigenvalue weighted by molar-refractivity contribution is -0.138. The van der Waals surface area contributed by atoms with E-state index < -0.39 is 35.5 Å². The summed E-state index contributed by atoms with van der Waals surface area (Å²) < 4.78 is 1.04. The van der Waals surface area contributed by atoms with E-state index in [0.717, 1.165) is 9.13 Å². The maximum atomic E-state index is 13.1. The quantitative estimate of drug-likeness (QED) is 0.234. The topological polar surface area (TPSA) is 133 Å². The van der Waals surface area contributed by atoms with Gasteiger partial charge in [-0.05, 0) is 72.9 Å². The highest BCUT2D eigenvalue weighted by molar-refractivity contribution is 14.1. The molecule has 8 nitrogen and oxygen atoms in total. The first-order chi connectivity index (χ1) is 14.4. The fraction of sp³-hybridized carbons (Fsp3) is 0.545. The standard InChI is InChI=1S/C22H31IN2O6/c1-13(2)11-17(20(30)24-16(18(27)12-26)9-10-19(28)29)25-21(31)22(3,4)14-5-7-15(23)8-6-14/h5-8,12-13,16-18,27H,9-11H2,1-4H3,(H,24,30)(H,25,31)(H,28,29)/t16-,17+,18?/m1/s1. The number of carbonyl (C=O) groups is 4. The second kappa shape index (κ2) is 12.1. The summed E-state index contributed by atoms with van der Waals surface area (Å²) in [6.45, 7) is 7.33. The summed E-state index contributed by atoms with van der Waals surface area (Å²) in [6, 6.07) is 5.56. The second-order valence-electron chi connectivity index (χ2n) is 8.46. The largest absolute Gasteiger partial charge is 0.481 e. The number of carboxylic acids is 1. The molecule has 0 heterocycles. The van der Waals surface area contributed by atoms with Crippen LogP contribution in [0.4, 0.5) is 0 Å². The number of amides is 2. The SMILES string of the molecule is CC(C)C[C@H](NC(=O)C(C)(C)c1ccc(I)cc1)C(=O)N[C@H](CCC(=O)O)C(O)C=O. The van der Waals surface area contributed by atoms with Gasteiger partial charge in [-0.1, -0.05) is 26.0 Å². The molecule has 3 atom stereocenters. The number of aliphatic carboxylic acids is 1. The van der Waals surface area contributed by atoms with Crippen molar-refractivity contribution in [3.05, 3.63) is 33.4 Å². The predicted octanol–water partition coefficient (Wildman–Crippen LogP) is 2.01. The Bertz CT molecular complexity index is 779. The molecule has 2 amide bonds. The molecular weight excluding hydrogens is 515 g/mol. The van der Waals surface area contributed by atoms with Gasteiger partial charge < -0.3 is 25.6 Å². The average Bonchev–Trinajstić information content (AvgIpc) is 2.69. The number of nitrogens with one attached hydrogen (secondary N) is 2. The zero-order chi connectivity index (χ0) is 23.8. The smallest absolute Gasteiger partial charge is 0.303 e. The van der Waals surface area contributed by atoms with Crippen LogP contribution in [-0.4, -0.2) is 52.5 Å². The highest BCUT2D eigenvalue weighted by Crippen LogP contribution is 2.25. The molecule has 0 bridgehead atoms. The number of carbonyl (C=O) groups excluding carboxylic acids is 3. The zero-order valence-electron chi connectivity index (χ0n) is 18.2. The first-order valence-corrected chi connectivity index (χ1v) is 11.2. The number of aliphatic hydroxyl groups is 1. The van der Waals surface area contributed by atoms with Gasteiger partial charge in [0.05, 0.1) is 11.5 Å². The molecule has 0 aromatic heterocycles.